The van der Waals surface area contributed by atoms with Crippen LogP contribution in [0.3, 0.4) is 0 Å². The summed E-state index contributed by atoms with van der Waals surface area (Å²) in [5, 5.41) is 0.395. The highest BCUT2D eigenvalue weighted by Gasteiger charge is 2.53. The zero-order valence-corrected chi connectivity index (χ0v) is 15.2. The van der Waals surface area contributed by atoms with Crippen molar-refractivity contribution in [3.8, 4) is 0 Å². The molecular weight excluding hydrogens is 370 g/mol. The number of ether oxygens (including phenoxy) is 2. The zero-order valence-electron chi connectivity index (χ0n) is 13.6. The number of hydrogen-bond donors (Lipinski definition) is 0. The van der Waals surface area contributed by atoms with Crippen LogP contribution >= 0.6 is 11.6 Å². The average molecular weight is 386 g/mol. The Morgan fingerprint density at radius 1 is 1.40 bits per heavy atom. The lowest BCUT2D eigenvalue weighted by molar-refractivity contribution is -0.142. The van der Waals surface area contributed by atoms with Gasteiger partial charge in [0, 0.05) is 24.1 Å². The second-order valence-electron chi connectivity index (χ2n) is 5.94. The lowest BCUT2D eigenvalue weighted by Gasteiger charge is -2.26. The van der Waals surface area contributed by atoms with E-state index in [4.69, 9.17) is 21.1 Å². The molecule has 0 radical (unpaired) electrons. The molecule has 3 rings (SSSR count). The average Bonchev–Trinajstić information content (AvgIpc) is 2.99. The molecule has 0 aliphatic carbocycles. The SMILES string of the molecule is CC(=O)OC1=C(N2CCCS2(=O)=O)OC(C)(c2cccc(Cl)c2)C1=O. The number of esters is 1. The number of hydrogen-bond acceptors (Lipinski definition) is 6. The van der Waals surface area contributed by atoms with Crippen LogP contribution in [0.1, 0.15) is 25.8 Å². The van der Waals surface area contributed by atoms with Crippen LogP contribution in [-0.2, 0) is 34.7 Å². The maximum Gasteiger partial charge on any atom is 0.308 e. The van der Waals surface area contributed by atoms with Crippen LogP contribution in [0.4, 0.5) is 0 Å². The minimum atomic E-state index is -3.62. The van der Waals surface area contributed by atoms with E-state index in [1.165, 1.54) is 6.92 Å². The first-order chi connectivity index (χ1) is 11.6. The fourth-order valence-corrected chi connectivity index (χ4v) is 4.53. The van der Waals surface area contributed by atoms with Gasteiger partial charge >= 0.3 is 5.97 Å². The first-order valence-corrected chi connectivity index (χ1v) is 9.57. The molecule has 2 aliphatic rings. The molecule has 9 heteroatoms. The molecule has 0 saturated carbocycles. The molecule has 25 heavy (non-hydrogen) atoms. The van der Waals surface area contributed by atoms with Gasteiger partial charge in [-0.1, -0.05) is 23.7 Å². The van der Waals surface area contributed by atoms with Crippen molar-refractivity contribution in [3.63, 3.8) is 0 Å². The Bertz CT molecular complexity index is 894. The zero-order chi connectivity index (χ0) is 18.4. The molecule has 1 unspecified atom stereocenters. The van der Waals surface area contributed by atoms with Gasteiger partial charge in [-0.25, -0.2) is 12.7 Å². The molecule has 0 spiro atoms. The van der Waals surface area contributed by atoms with Crippen molar-refractivity contribution in [1.29, 1.82) is 0 Å². The highest BCUT2D eigenvalue weighted by atomic mass is 35.5. The third kappa shape index (κ3) is 3.00. The molecule has 7 nitrogen and oxygen atoms in total. The molecule has 0 N–H and O–H groups in total. The topological polar surface area (TPSA) is 90.0 Å². The van der Waals surface area contributed by atoms with Gasteiger partial charge in [-0.2, -0.15) is 0 Å². The molecule has 1 atom stereocenters. The van der Waals surface area contributed by atoms with Crippen molar-refractivity contribution in [2.24, 2.45) is 0 Å². The summed E-state index contributed by atoms with van der Waals surface area (Å²) in [6, 6.07) is 6.47. The highest BCUT2D eigenvalue weighted by molar-refractivity contribution is 7.89. The molecule has 0 bridgehead atoms. The summed E-state index contributed by atoms with van der Waals surface area (Å²) in [6.07, 6.45) is 0.393. The minimum Gasteiger partial charge on any atom is -0.456 e. The lowest BCUT2D eigenvalue weighted by Crippen LogP contribution is -2.33. The molecule has 1 saturated heterocycles. The van der Waals surface area contributed by atoms with Gasteiger partial charge in [0.25, 0.3) is 11.7 Å². The van der Waals surface area contributed by atoms with Gasteiger partial charge in [0.15, 0.2) is 5.60 Å². The Kier molecular flexibility index (Phi) is 4.28. The molecule has 2 aliphatic heterocycles. The van der Waals surface area contributed by atoms with Gasteiger partial charge in [0.2, 0.25) is 15.8 Å². The maximum absolute atomic E-state index is 12.9. The van der Waals surface area contributed by atoms with Crippen LogP contribution in [0.25, 0.3) is 0 Å². The number of benzene rings is 1. The molecule has 1 fully saturated rings. The van der Waals surface area contributed by atoms with Crippen LogP contribution in [-0.4, -0.2) is 36.8 Å². The van der Waals surface area contributed by atoms with E-state index >= 15 is 0 Å². The summed E-state index contributed by atoms with van der Waals surface area (Å²) < 4.78 is 36.2. The number of rotatable bonds is 3. The molecule has 0 aromatic heterocycles. The minimum absolute atomic E-state index is 0.0602. The monoisotopic (exact) mass is 385 g/mol. The van der Waals surface area contributed by atoms with Crippen molar-refractivity contribution in [2.75, 3.05) is 12.3 Å². The lowest BCUT2D eigenvalue weighted by atomic mass is 9.92. The van der Waals surface area contributed by atoms with Gasteiger partial charge in [0.1, 0.15) is 0 Å². The Labute approximate surface area is 150 Å². The molecular formula is C16H16ClNO6S. The van der Waals surface area contributed by atoms with Crippen molar-refractivity contribution < 1.29 is 27.5 Å². The number of sulfonamides is 1. The number of Topliss-reactive ketones (excluding diaryl/α,β-unsaturated/α-hetero) is 1. The molecule has 0 amide bonds. The summed E-state index contributed by atoms with van der Waals surface area (Å²) in [5.74, 6) is -2.09. The second-order valence-corrected chi connectivity index (χ2v) is 8.39. The number of nitrogens with zero attached hydrogens (tertiary/aromatic N) is 1. The Balaban J connectivity index is 2.09. The molecule has 2 heterocycles. The van der Waals surface area contributed by atoms with Gasteiger partial charge in [0.05, 0.1) is 5.75 Å². The van der Waals surface area contributed by atoms with Crippen molar-refractivity contribution in [1.82, 2.24) is 4.31 Å². The van der Waals surface area contributed by atoms with Crippen molar-refractivity contribution >= 4 is 33.4 Å². The van der Waals surface area contributed by atoms with E-state index in [1.807, 2.05) is 0 Å². The van der Waals surface area contributed by atoms with Crippen LogP contribution in [0.2, 0.25) is 5.02 Å². The van der Waals surface area contributed by atoms with Gasteiger partial charge in [-0.05, 0) is 25.5 Å². The van der Waals surface area contributed by atoms with E-state index in [1.54, 1.807) is 24.3 Å². The Morgan fingerprint density at radius 2 is 2.12 bits per heavy atom. The van der Waals surface area contributed by atoms with E-state index < -0.39 is 33.1 Å². The summed E-state index contributed by atoms with van der Waals surface area (Å²) in [4.78, 5) is 24.3. The van der Waals surface area contributed by atoms with Gasteiger partial charge < -0.3 is 9.47 Å². The normalized spacial score (nSPS) is 25.2. The van der Waals surface area contributed by atoms with Gasteiger partial charge in [-0.15, -0.1) is 0 Å². The fraction of sp³-hybridized carbons (Fsp3) is 0.375. The number of carbonyl (C=O) groups is 2. The standard InChI is InChI=1S/C16H16ClNO6S/c1-10(19)23-13-14(20)16(2,11-5-3-6-12(17)9-11)24-15(13)18-7-4-8-25(18,21)22/h3,5-6,9H,4,7-8H2,1-2H3. The van der Waals surface area contributed by atoms with E-state index in [0.29, 0.717) is 17.0 Å². The summed E-state index contributed by atoms with van der Waals surface area (Å²) in [7, 11) is -3.62. The summed E-state index contributed by atoms with van der Waals surface area (Å²) >= 11 is 5.99. The van der Waals surface area contributed by atoms with E-state index in [0.717, 1.165) is 11.2 Å². The predicted octanol–water partition coefficient (Wildman–Crippen LogP) is 1.92. The molecule has 1 aromatic carbocycles. The highest BCUT2D eigenvalue weighted by Crippen LogP contribution is 2.42. The number of carbonyl (C=O) groups excluding carboxylic acids is 2. The van der Waals surface area contributed by atoms with Crippen LogP contribution in [0.15, 0.2) is 35.9 Å². The smallest absolute Gasteiger partial charge is 0.308 e. The first-order valence-electron chi connectivity index (χ1n) is 7.58. The second kappa shape index (κ2) is 6.03. The Hall–Kier alpha value is -2.06. The van der Waals surface area contributed by atoms with Crippen molar-refractivity contribution in [2.45, 2.75) is 25.9 Å². The quantitative estimate of drug-likeness (QED) is 0.738. The third-order valence-electron chi connectivity index (χ3n) is 4.08. The molecule has 1 aromatic rings. The van der Waals surface area contributed by atoms with E-state index in [-0.39, 0.29) is 18.2 Å². The fourth-order valence-electron chi connectivity index (χ4n) is 2.84. The maximum atomic E-state index is 12.9. The first kappa shape index (κ1) is 17.8. The third-order valence-corrected chi connectivity index (χ3v) is 6.14. The van der Waals surface area contributed by atoms with Crippen molar-refractivity contribution in [3.05, 3.63) is 46.5 Å². The predicted molar refractivity (Wildman–Crippen MR) is 88.8 cm³/mol. The number of ketones is 1. The van der Waals surface area contributed by atoms with Crippen LogP contribution < -0.4 is 0 Å². The molecule has 134 valence electrons. The van der Waals surface area contributed by atoms with Crippen LogP contribution in [0.5, 0.6) is 0 Å². The summed E-state index contributed by atoms with van der Waals surface area (Å²) in [5.41, 5.74) is -1.11. The van der Waals surface area contributed by atoms with E-state index in [2.05, 4.69) is 0 Å². The van der Waals surface area contributed by atoms with Gasteiger partial charge in [-0.3, -0.25) is 9.59 Å². The summed E-state index contributed by atoms with van der Waals surface area (Å²) in [6.45, 7) is 2.77. The van der Waals surface area contributed by atoms with E-state index in [9.17, 15) is 18.0 Å². The van der Waals surface area contributed by atoms with Crippen LogP contribution in [0, 0.1) is 0 Å². The Morgan fingerprint density at radius 3 is 2.68 bits per heavy atom. The number of halogens is 1. The largest absolute Gasteiger partial charge is 0.456 e.